The first-order valence-corrected chi connectivity index (χ1v) is 8.09. The fourth-order valence-electron chi connectivity index (χ4n) is 2.40. The van der Waals surface area contributed by atoms with Crippen LogP contribution in [0.25, 0.3) is 0 Å². The van der Waals surface area contributed by atoms with E-state index >= 15 is 0 Å². The molecule has 2 unspecified atom stereocenters. The Balaban J connectivity index is 2.85. The van der Waals surface area contributed by atoms with Crippen molar-refractivity contribution in [3.8, 4) is 0 Å². The van der Waals surface area contributed by atoms with E-state index in [0.29, 0.717) is 23.3 Å². The lowest BCUT2D eigenvalue weighted by Crippen LogP contribution is -2.27. The van der Waals surface area contributed by atoms with Gasteiger partial charge in [0.25, 0.3) is 0 Å². The number of benzene rings is 1. The molecule has 0 amide bonds. The lowest BCUT2D eigenvalue weighted by atomic mass is 9.77. The fraction of sp³-hybridized carbons (Fsp3) is 0.684. The molecule has 0 bridgehead atoms. The van der Waals surface area contributed by atoms with Gasteiger partial charge in [-0.1, -0.05) is 72.7 Å². The summed E-state index contributed by atoms with van der Waals surface area (Å²) < 4.78 is 0. The first-order chi connectivity index (χ1) is 9.25. The first kappa shape index (κ1) is 17.2. The predicted molar refractivity (Wildman–Crippen MR) is 90.2 cm³/mol. The van der Waals surface area contributed by atoms with Crippen LogP contribution >= 0.6 is 0 Å². The minimum absolute atomic E-state index is 0.367. The van der Waals surface area contributed by atoms with Crippen molar-refractivity contribution in [2.24, 2.45) is 11.3 Å². The van der Waals surface area contributed by atoms with E-state index in [2.05, 4.69) is 78.0 Å². The summed E-state index contributed by atoms with van der Waals surface area (Å²) in [4.78, 5) is 0. The molecule has 2 atom stereocenters. The van der Waals surface area contributed by atoms with Crippen LogP contribution in [0.3, 0.4) is 0 Å². The minimum Gasteiger partial charge on any atom is -0.310 e. The molecule has 1 aromatic carbocycles. The highest BCUT2D eigenvalue weighted by Gasteiger charge is 2.24. The van der Waals surface area contributed by atoms with Crippen molar-refractivity contribution in [1.82, 2.24) is 5.32 Å². The zero-order valence-electron chi connectivity index (χ0n) is 14.5. The van der Waals surface area contributed by atoms with Gasteiger partial charge in [-0.15, -0.1) is 0 Å². The van der Waals surface area contributed by atoms with E-state index < -0.39 is 0 Å². The number of hydrogen-bond donors (Lipinski definition) is 1. The van der Waals surface area contributed by atoms with Gasteiger partial charge in [-0.05, 0) is 41.3 Å². The highest BCUT2D eigenvalue weighted by molar-refractivity contribution is 5.27. The molecule has 114 valence electrons. The molecule has 0 aliphatic heterocycles. The van der Waals surface area contributed by atoms with Crippen LogP contribution in [0.1, 0.15) is 78.0 Å². The Morgan fingerprint density at radius 2 is 1.45 bits per heavy atom. The van der Waals surface area contributed by atoms with Crippen LogP contribution in [-0.4, -0.2) is 6.54 Å². The summed E-state index contributed by atoms with van der Waals surface area (Å²) in [5.41, 5.74) is 3.21. The van der Waals surface area contributed by atoms with E-state index in [1.54, 1.807) is 0 Å². The molecule has 0 saturated carbocycles. The normalized spacial score (nSPS) is 15.4. The van der Waals surface area contributed by atoms with E-state index in [0.717, 1.165) is 6.54 Å². The van der Waals surface area contributed by atoms with Gasteiger partial charge in [0.1, 0.15) is 0 Å². The van der Waals surface area contributed by atoms with Crippen LogP contribution in [0.15, 0.2) is 24.3 Å². The van der Waals surface area contributed by atoms with E-state index in [4.69, 9.17) is 0 Å². The SMILES string of the molecule is CCNC(CC(C)C(C)(C)C)c1ccc(C(C)C)cc1. The zero-order chi connectivity index (χ0) is 15.3. The Bertz CT molecular complexity index is 383. The maximum Gasteiger partial charge on any atom is 0.0322 e. The van der Waals surface area contributed by atoms with Gasteiger partial charge in [0.15, 0.2) is 0 Å². The van der Waals surface area contributed by atoms with Gasteiger partial charge in [0, 0.05) is 6.04 Å². The van der Waals surface area contributed by atoms with Gasteiger partial charge in [-0.2, -0.15) is 0 Å². The molecule has 1 N–H and O–H groups in total. The average molecular weight is 275 g/mol. The Hall–Kier alpha value is -0.820. The Morgan fingerprint density at radius 1 is 0.950 bits per heavy atom. The van der Waals surface area contributed by atoms with Crippen molar-refractivity contribution in [3.63, 3.8) is 0 Å². The molecular formula is C19H33N. The van der Waals surface area contributed by atoms with Crippen molar-refractivity contribution < 1.29 is 0 Å². The molecule has 0 spiro atoms. The summed E-state index contributed by atoms with van der Waals surface area (Å²) in [6.45, 7) is 17.1. The van der Waals surface area contributed by atoms with Crippen LogP contribution in [0.4, 0.5) is 0 Å². The quantitative estimate of drug-likeness (QED) is 0.719. The Labute approximate surface area is 126 Å². The molecule has 0 aliphatic carbocycles. The monoisotopic (exact) mass is 275 g/mol. The van der Waals surface area contributed by atoms with E-state index in [1.165, 1.54) is 17.5 Å². The summed E-state index contributed by atoms with van der Waals surface area (Å²) in [7, 11) is 0. The molecule has 0 fully saturated rings. The Kier molecular flexibility index (Phi) is 6.26. The van der Waals surface area contributed by atoms with Crippen LogP contribution in [-0.2, 0) is 0 Å². The van der Waals surface area contributed by atoms with Crippen molar-refractivity contribution >= 4 is 0 Å². The maximum absolute atomic E-state index is 3.65. The predicted octanol–water partition coefficient (Wildman–Crippen LogP) is 5.53. The molecule has 1 rings (SSSR count). The van der Waals surface area contributed by atoms with Crippen molar-refractivity contribution in [3.05, 3.63) is 35.4 Å². The van der Waals surface area contributed by atoms with E-state index in [-0.39, 0.29) is 0 Å². The number of nitrogens with one attached hydrogen (secondary N) is 1. The standard InChI is InChI=1S/C19H33N/c1-8-20-18(13-15(4)19(5,6)7)17-11-9-16(10-12-17)14(2)3/h9-12,14-15,18,20H,8,13H2,1-7H3. The van der Waals surface area contributed by atoms with Crippen molar-refractivity contribution in [1.29, 1.82) is 0 Å². The van der Waals surface area contributed by atoms with Crippen LogP contribution in [0.5, 0.6) is 0 Å². The van der Waals surface area contributed by atoms with E-state index in [9.17, 15) is 0 Å². The summed E-state index contributed by atoms with van der Waals surface area (Å²) in [6.07, 6.45) is 1.19. The minimum atomic E-state index is 0.367. The van der Waals surface area contributed by atoms with Gasteiger partial charge in [0.05, 0.1) is 0 Å². The molecule has 20 heavy (non-hydrogen) atoms. The largest absolute Gasteiger partial charge is 0.310 e. The van der Waals surface area contributed by atoms with Crippen LogP contribution < -0.4 is 5.32 Å². The van der Waals surface area contributed by atoms with E-state index in [1.807, 2.05) is 0 Å². The second kappa shape index (κ2) is 7.26. The van der Waals surface area contributed by atoms with Crippen LogP contribution in [0, 0.1) is 11.3 Å². The molecule has 0 aliphatic rings. The molecule has 1 aromatic rings. The van der Waals surface area contributed by atoms with Gasteiger partial charge in [-0.25, -0.2) is 0 Å². The third-order valence-electron chi connectivity index (χ3n) is 4.52. The molecule has 1 nitrogen and oxygen atoms in total. The second-order valence-corrected chi connectivity index (χ2v) is 7.43. The number of hydrogen-bond acceptors (Lipinski definition) is 1. The molecule has 0 saturated heterocycles. The highest BCUT2D eigenvalue weighted by Crippen LogP contribution is 2.33. The fourth-order valence-corrected chi connectivity index (χ4v) is 2.40. The first-order valence-electron chi connectivity index (χ1n) is 8.09. The third-order valence-corrected chi connectivity index (χ3v) is 4.52. The summed E-state index contributed by atoms with van der Waals surface area (Å²) in [5, 5.41) is 3.65. The second-order valence-electron chi connectivity index (χ2n) is 7.43. The smallest absolute Gasteiger partial charge is 0.0322 e. The third kappa shape index (κ3) is 4.94. The lowest BCUT2D eigenvalue weighted by molar-refractivity contribution is 0.224. The van der Waals surface area contributed by atoms with Gasteiger partial charge >= 0.3 is 0 Å². The average Bonchev–Trinajstić information content (AvgIpc) is 2.37. The lowest BCUT2D eigenvalue weighted by Gasteiger charge is -2.31. The topological polar surface area (TPSA) is 12.0 Å². The molecule has 0 radical (unpaired) electrons. The Morgan fingerprint density at radius 3 is 1.85 bits per heavy atom. The van der Waals surface area contributed by atoms with Gasteiger partial charge in [-0.3, -0.25) is 0 Å². The number of rotatable bonds is 6. The molecule has 0 aromatic heterocycles. The summed E-state index contributed by atoms with van der Waals surface area (Å²) in [5.74, 6) is 1.30. The van der Waals surface area contributed by atoms with Crippen LogP contribution in [0.2, 0.25) is 0 Å². The van der Waals surface area contributed by atoms with Gasteiger partial charge in [0.2, 0.25) is 0 Å². The summed E-state index contributed by atoms with van der Waals surface area (Å²) >= 11 is 0. The van der Waals surface area contributed by atoms with Gasteiger partial charge < -0.3 is 5.32 Å². The molecule has 1 heteroatoms. The highest BCUT2D eigenvalue weighted by atomic mass is 14.9. The zero-order valence-corrected chi connectivity index (χ0v) is 14.5. The maximum atomic E-state index is 3.65. The van der Waals surface area contributed by atoms with Crippen molar-refractivity contribution in [2.45, 2.75) is 66.8 Å². The summed E-state index contributed by atoms with van der Waals surface area (Å²) in [6, 6.07) is 9.64. The molecule has 0 heterocycles. The molecular weight excluding hydrogens is 242 g/mol. The van der Waals surface area contributed by atoms with Crippen molar-refractivity contribution in [2.75, 3.05) is 6.54 Å².